The van der Waals surface area contributed by atoms with Crippen LogP contribution in [0.25, 0.3) is 10.4 Å². The van der Waals surface area contributed by atoms with Crippen LogP contribution in [0, 0.1) is 0 Å². The van der Waals surface area contributed by atoms with Gasteiger partial charge in [-0.3, -0.25) is 0 Å². The number of aliphatic hydroxyl groups excluding tert-OH is 2. The third kappa shape index (κ3) is 3.78. The molecule has 0 spiro atoms. The molecular weight excluding hydrogens is 122 g/mol. The van der Waals surface area contributed by atoms with Crippen molar-refractivity contribution in [3.05, 3.63) is 10.4 Å². The largest absolute Gasteiger partial charge is 0.391 e. The average molecular weight is 131 g/mol. The Labute approximate surface area is 52.6 Å². The van der Waals surface area contributed by atoms with Crippen LogP contribution in [-0.4, -0.2) is 29.0 Å². The van der Waals surface area contributed by atoms with Crippen LogP contribution in [0.15, 0.2) is 5.11 Å². The van der Waals surface area contributed by atoms with Gasteiger partial charge in [-0.15, -0.1) is 0 Å². The van der Waals surface area contributed by atoms with Gasteiger partial charge in [0.2, 0.25) is 0 Å². The minimum absolute atomic E-state index is 0.0752. The molecule has 0 amide bonds. The van der Waals surface area contributed by atoms with Gasteiger partial charge in [-0.2, -0.15) is 0 Å². The number of aliphatic hydroxyl groups is 2. The average Bonchev–Trinajstić information content (AvgIpc) is 1.82. The summed E-state index contributed by atoms with van der Waals surface area (Å²) in [6.07, 6.45) is -1.78. The van der Waals surface area contributed by atoms with Crippen LogP contribution in [0.1, 0.15) is 6.92 Å². The summed E-state index contributed by atoms with van der Waals surface area (Å²) >= 11 is 0. The molecule has 9 heavy (non-hydrogen) atoms. The van der Waals surface area contributed by atoms with E-state index in [1.54, 1.807) is 0 Å². The van der Waals surface area contributed by atoms with Crippen LogP contribution in [-0.2, 0) is 0 Å². The molecule has 0 unspecified atom stereocenters. The van der Waals surface area contributed by atoms with Crippen LogP contribution < -0.4 is 0 Å². The second kappa shape index (κ2) is 4.14. The molecule has 0 aromatic rings. The van der Waals surface area contributed by atoms with E-state index in [9.17, 15) is 0 Å². The van der Waals surface area contributed by atoms with E-state index in [0.717, 1.165) is 0 Å². The molecule has 5 heteroatoms. The van der Waals surface area contributed by atoms with E-state index in [2.05, 4.69) is 10.0 Å². The van der Waals surface area contributed by atoms with Gasteiger partial charge in [0.25, 0.3) is 0 Å². The van der Waals surface area contributed by atoms with Crippen molar-refractivity contribution >= 4 is 0 Å². The molecule has 2 N–H and O–H groups in total. The summed E-state index contributed by atoms with van der Waals surface area (Å²) in [7, 11) is 0. The predicted molar refractivity (Wildman–Crippen MR) is 31.7 cm³/mol. The number of hydrogen-bond acceptors (Lipinski definition) is 3. The monoisotopic (exact) mass is 131 g/mol. The second-order valence-electron chi connectivity index (χ2n) is 1.72. The first-order valence-electron chi connectivity index (χ1n) is 2.55. The van der Waals surface area contributed by atoms with E-state index in [1.807, 2.05) is 0 Å². The second-order valence-corrected chi connectivity index (χ2v) is 1.72. The molecule has 0 fully saturated rings. The fourth-order valence-electron chi connectivity index (χ4n) is 0.273. The van der Waals surface area contributed by atoms with E-state index >= 15 is 0 Å². The first-order chi connectivity index (χ1) is 4.18. The number of nitrogens with zero attached hydrogens (tertiary/aromatic N) is 3. The fourth-order valence-corrected chi connectivity index (χ4v) is 0.273. The normalized spacial score (nSPS) is 15.9. The molecule has 2 atom stereocenters. The van der Waals surface area contributed by atoms with E-state index in [0.29, 0.717) is 0 Å². The van der Waals surface area contributed by atoms with Crippen LogP contribution in [0.4, 0.5) is 0 Å². The minimum Gasteiger partial charge on any atom is -0.391 e. The summed E-state index contributed by atoms with van der Waals surface area (Å²) in [5.74, 6) is 0. The molecular formula is C4H9N3O2. The maximum Gasteiger partial charge on any atom is 0.0852 e. The predicted octanol–water partition coefficient (Wildman–Crippen LogP) is 0.0384. The highest BCUT2D eigenvalue weighted by Crippen LogP contribution is 1.91. The Morgan fingerprint density at radius 2 is 2.22 bits per heavy atom. The van der Waals surface area contributed by atoms with Crippen molar-refractivity contribution in [3.8, 4) is 0 Å². The van der Waals surface area contributed by atoms with Crippen LogP contribution >= 0.6 is 0 Å². The zero-order valence-electron chi connectivity index (χ0n) is 5.10. The highest BCUT2D eigenvalue weighted by molar-refractivity contribution is 4.64. The van der Waals surface area contributed by atoms with Gasteiger partial charge in [0.05, 0.1) is 18.8 Å². The summed E-state index contributed by atoms with van der Waals surface area (Å²) in [5.41, 5.74) is 7.76. The van der Waals surface area contributed by atoms with Gasteiger partial charge in [-0.25, -0.2) is 0 Å². The van der Waals surface area contributed by atoms with Crippen molar-refractivity contribution in [2.45, 2.75) is 19.1 Å². The molecule has 0 saturated carbocycles. The zero-order chi connectivity index (χ0) is 7.28. The summed E-state index contributed by atoms with van der Waals surface area (Å²) in [5, 5.41) is 20.4. The molecule has 0 bridgehead atoms. The van der Waals surface area contributed by atoms with Crippen molar-refractivity contribution in [2.75, 3.05) is 6.54 Å². The highest BCUT2D eigenvalue weighted by atomic mass is 16.3. The van der Waals surface area contributed by atoms with E-state index in [4.69, 9.17) is 15.7 Å². The van der Waals surface area contributed by atoms with Gasteiger partial charge in [-0.05, 0) is 12.5 Å². The fraction of sp³-hybridized carbons (Fsp3) is 1.00. The van der Waals surface area contributed by atoms with Crippen molar-refractivity contribution < 1.29 is 10.2 Å². The molecule has 0 aliphatic heterocycles. The first-order valence-corrected chi connectivity index (χ1v) is 2.55. The smallest absolute Gasteiger partial charge is 0.0852 e. The number of azide groups is 1. The van der Waals surface area contributed by atoms with Gasteiger partial charge in [0.15, 0.2) is 0 Å². The van der Waals surface area contributed by atoms with E-state index in [-0.39, 0.29) is 6.54 Å². The molecule has 0 saturated heterocycles. The zero-order valence-corrected chi connectivity index (χ0v) is 5.10. The topological polar surface area (TPSA) is 89.2 Å². The summed E-state index contributed by atoms with van der Waals surface area (Å²) in [6, 6.07) is 0. The Kier molecular flexibility index (Phi) is 3.79. The first kappa shape index (κ1) is 8.23. The van der Waals surface area contributed by atoms with Gasteiger partial charge in [-0.1, -0.05) is 5.11 Å². The molecule has 0 aromatic carbocycles. The van der Waals surface area contributed by atoms with Crippen molar-refractivity contribution in [2.24, 2.45) is 5.11 Å². The van der Waals surface area contributed by atoms with E-state index in [1.165, 1.54) is 6.92 Å². The lowest BCUT2D eigenvalue weighted by Gasteiger charge is -2.08. The van der Waals surface area contributed by atoms with Gasteiger partial charge in [0, 0.05) is 4.91 Å². The maximum absolute atomic E-state index is 8.74. The van der Waals surface area contributed by atoms with Crippen molar-refractivity contribution in [3.63, 3.8) is 0 Å². The lowest BCUT2D eigenvalue weighted by molar-refractivity contribution is 0.0375. The van der Waals surface area contributed by atoms with Crippen LogP contribution in [0.5, 0.6) is 0 Å². The Balaban J connectivity index is 3.49. The van der Waals surface area contributed by atoms with Gasteiger partial charge < -0.3 is 10.2 Å². The molecule has 0 rings (SSSR count). The summed E-state index contributed by atoms with van der Waals surface area (Å²) in [6.45, 7) is 1.35. The SMILES string of the molecule is C[C@H](O)[C@@H](O)CN=[N+]=[N-]. The Morgan fingerprint density at radius 1 is 1.67 bits per heavy atom. The lowest BCUT2D eigenvalue weighted by Crippen LogP contribution is -2.24. The number of hydrogen-bond donors (Lipinski definition) is 2. The number of rotatable bonds is 3. The Hall–Kier alpha value is -0.770. The van der Waals surface area contributed by atoms with Crippen molar-refractivity contribution in [1.29, 1.82) is 0 Å². The standard InChI is InChI=1S/C4H9N3O2/c1-3(8)4(9)2-6-7-5/h3-4,8-9H,2H2,1H3/t3-,4-/m0/s1. The lowest BCUT2D eigenvalue weighted by atomic mass is 10.2. The molecule has 0 heterocycles. The Bertz CT molecular complexity index is 119. The van der Waals surface area contributed by atoms with Gasteiger partial charge >= 0.3 is 0 Å². The highest BCUT2D eigenvalue weighted by Gasteiger charge is 2.07. The molecule has 0 aliphatic rings. The van der Waals surface area contributed by atoms with Gasteiger partial charge in [0.1, 0.15) is 0 Å². The summed E-state index contributed by atoms with van der Waals surface area (Å²) < 4.78 is 0. The molecule has 0 aromatic heterocycles. The Morgan fingerprint density at radius 3 is 2.56 bits per heavy atom. The van der Waals surface area contributed by atoms with Crippen molar-refractivity contribution in [1.82, 2.24) is 0 Å². The molecule has 52 valence electrons. The molecule has 0 radical (unpaired) electrons. The molecule has 0 aliphatic carbocycles. The third-order valence-corrected chi connectivity index (χ3v) is 0.889. The summed E-state index contributed by atoms with van der Waals surface area (Å²) in [4.78, 5) is 2.41. The van der Waals surface area contributed by atoms with Crippen LogP contribution in [0.2, 0.25) is 0 Å². The third-order valence-electron chi connectivity index (χ3n) is 0.889. The quantitative estimate of drug-likeness (QED) is 0.321. The van der Waals surface area contributed by atoms with Crippen LogP contribution in [0.3, 0.4) is 0 Å². The minimum atomic E-state index is -0.944. The molecule has 5 nitrogen and oxygen atoms in total. The maximum atomic E-state index is 8.74. The van der Waals surface area contributed by atoms with E-state index < -0.39 is 12.2 Å².